The van der Waals surface area contributed by atoms with Gasteiger partial charge in [0.15, 0.2) is 8.32 Å². The van der Waals surface area contributed by atoms with Crippen LogP contribution in [-0.2, 0) is 4.43 Å². The van der Waals surface area contributed by atoms with E-state index in [9.17, 15) is 0 Å². The van der Waals surface area contributed by atoms with E-state index in [1.54, 1.807) is 6.08 Å². The lowest BCUT2D eigenvalue weighted by molar-refractivity contribution is 0.234. The minimum atomic E-state index is -1.80. The van der Waals surface area contributed by atoms with Gasteiger partial charge in [-0.25, -0.2) is 0 Å². The number of hydrogen-bond acceptors (Lipinski definition) is 2. The zero-order valence-electron chi connectivity index (χ0n) is 9.92. The molecule has 0 spiro atoms. The van der Waals surface area contributed by atoms with Crippen molar-refractivity contribution in [2.24, 2.45) is 0 Å². The fourth-order valence-electron chi connectivity index (χ4n) is 0.811. The Labute approximate surface area is 88.7 Å². The quantitative estimate of drug-likeness (QED) is 0.527. The van der Waals surface area contributed by atoms with Gasteiger partial charge in [0.1, 0.15) is 6.10 Å². The fourth-order valence-corrected chi connectivity index (χ4v) is 2.02. The number of rotatable bonds is 4. The predicted octanol–water partition coefficient (Wildman–Crippen LogP) is 3.48. The van der Waals surface area contributed by atoms with Gasteiger partial charge in [-0.05, 0) is 18.1 Å². The molecule has 0 heterocycles. The molecule has 0 amide bonds. The van der Waals surface area contributed by atoms with Crippen LogP contribution in [0.15, 0.2) is 12.7 Å². The van der Waals surface area contributed by atoms with Crippen molar-refractivity contribution in [2.75, 3.05) is 0 Å². The molecule has 14 heavy (non-hydrogen) atoms. The second kappa shape index (κ2) is 4.76. The monoisotopic (exact) mass is 211 g/mol. The highest BCUT2D eigenvalue weighted by Crippen LogP contribution is 2.37. The van der Waals surface area contributed by atoms with Gasteiger partial charge in [-0.1, -0.05) is 26.8 Å². The zero-order valence-corrected chi connectivity index (χ0v) is 10.9. The molecular formula is C11H21NOSi. The van der Waals surface area contributed by atoms with Gasteiger partial charge < -0.3 is 4.43 Å². The van der Waals surface area contributed by atoms with Crippen LogP contribution in [-0.4, -0.2) is 14.4 Å². The molecule has 0 aliphatic rings. The van der Waals surface area contributed by atoms with Crippen molar-refractivity contribution in [1.29, 1.82) is 5.26 Å². The number of hydrogen-bond donors (Lipinski definition) is 0. The van der Waals surface area contributed by atoms with Crippen molar-refractivity contribution in [1.82, 2.24) is 0 Å². The standard InChI is InChI=1S/C11H21NOSi/c1-7-8-10(9-12)13-14(5,6)11(2,3)4/h7,10H,1,8H2,2-6H3/t10-/m1/s1. The van der Waals surface area contributed by atoms with Crippen LogP contribution in [0.3, 0.4) is 0 Å². The minimum Gasteiger partial charge on any atom is -0.401 e. The van der Waals surface area contributed by atoms with Crippen LogP contribution in [0.25, 0.3) is 0 Å². The third-order valence-corrected chi connectivity index (χ3v) is 7.25. The van der Waals surface area contributed by atoms with Crippen molar-refractivity contribution >= 4 is 8.32 Å². The predicted molar refractivity (Wildman–Crippen MR) is 62.5 cm³/mol. The molecule has 2 nitrogen and oxygen atoms in total. The average Bonchev–Trinajstić information content (AvgIpc) is 2.01. The van der Waals surface area contributed by atoms with Gasteiger partial charge in [-0.3, -0.25) is 0 Å². The summed E-state index contributed by atoms with van der Waals surface area (Å²) < 4.78 is 5.90. The maximum atomic E-state index is 8.89. The average molecular weight is 211 g/mol. The van der Waals surface area contributed by atoms with Gasteiger partial charge in [-0.2, -0.15) is 5.26 Å². The van der Waals surface area contributed by atoms with Crippen LogP contribution >= 0.6 is 0 Å². The van der Waals surface area contributed by atoms with E-state index in [4.69, 9.17) is 9.69 Å². The molecule has 0 bridgehead atoms. The Kier molecular flexibility index (Phi) is 4.56. The molecule has 80 valence electrons. The van der Waals surface area contributed by atoms with E-state index < -0.39 is 8.32 Å². The van der Waals surface area contributed by atoms with E-state index in [2.05, 4.69) is 46.5 Å². The van der Waals surface area contributed by atoms with Crippen molar-refractivity contribution in [3.63, 3.8) is 0 Å². The van der Waals surface area contributed by atoms with E-state index in [1.165, 1.54) is 0 Å². The second-order valence-electron chi connectivity index (χ2n) is 5.02. The molecule has 0 aromatic carbocycles. The van der Waals surface area contributed by atoms with E-state index in [1.807, 2.05) is 0 Å². The molecule has 0 saturated heterocycles. The lowest BCUT2D eigenvalue weighted by Gasteiger charge is -2.37. The Morgan fingerprint density at radius 3 is 2.29 bits per heavy atom. The van der Waals surface area contributed by atoms with E-state index in [-0.39, 0.29) is 11.1 Å². The lowest BCUT2D eigenvalue weighted by atomic mass is 10.2. The van der Waals surface area contributed by atoms with E-state index in [0.717, 1.165) is 0 Å². The summed E-state index contributed by atoms with van der Waals surface area (Å²) in [5, 5.41) is 9.04. The first-order chi connectivity index (χ1) is 6.24. The minimum absolute atomic E-state index is 0.156. The van der Waals surface area contributed by atoms with E-state index >= 15 is 0 Å². The van der Waals surface area contributed by atoms with Crippen LogP contribution in [0, 0.1) is 11.3 Å². The highest BCUT2D eigenvalue weighted by atomic mass is 28.4. The SMILES string of the molecule is C=CC[C@H](C#N)O[Si](C)(C)C(C)(C)C. The van der Waals surface area contributed by atoms with Crippen LogP contribution in [0.4, 0.5) is 0 Å². The molecule has 0 N–H and O–H groups in total. The lowest BCUT2D eigenvalue weighted by Crippen LogP contribution is -2.43. The Morgan fingerprint density at radius 2 is 2.00 bits per heavy atom. The first kappa shape index (κ1) is 13.4. The molecule has 0 aromatic heterocycles. The van der Waals surface area contributed by atoms with Crippen molar-refractivity contribution in [3.8, 4) is 6.07 Å². The third kappa shape index (κ3) is 3.65. The molecule has 0 radical (unpaired) electrons. The summed E-state index contributed by atoms with van der Waals surface area (Å²) in [5.74, 6) is 0. The highest BCUT2D eigenvalue weighted by Gasteiger charge is 2.38. The molecule has 0 aromatic rings. The highest BCUT2D eigenvalue weighted by molar-refractivity contribution is 6.74. The van der Waals surface area contributed by atoms with Gasteiger partial charge in [-0.15, -0.1) is 6.58 Å². The molecular weight excluding hydrogens is 190 g/mol. The zero-order chi connectivity index (χ0) is 11.4. The Morgan fingerprint density at radius 1 is 1.50 bits per heavy atom. The smallest absolute Gasteiger partial charge is 0.193 e. The molecule has 0 rings (SSSR count). The van der Waals surface area contributed by atoms with Gasteiger partial charge in [0.25, 0.3) is 0 Å². The number of nitriles is 1. The van der Waals surface area contributed by atoms with Crippen LogP contribution < -0.4 is 0 Å². The van der Waals surface area contributed by atoms with Crippen LogP contribution in [0.5, 0.6) is 0 Å². The Bertz CT molecular complexity index is 235. The van der Waals surface area contributed by atoms with E-state index in [0.29, 0.717) is 6.42 Å². The number of nitrogens with zero attached hydrogens (tertiary/aromatic N) is 1. The first-order valence-electron chi connectivity index (χ1n) is 4.93. The Hall–Kier alpha value is -0.593. The van der Waals surface area contributed by atoms with Crippen molar-refractivity contribution in [2.45, 2.75) is 51.4 Å². The maximum absolute atomic E-state index is 8.89. The largest absolute Gasteiger partial charge is 0.401 e. The summed E-state index contributed by atoms with van der Waals surface area (Å²) in [7, 11) is -1.80. The molecule has 3 heteroatoms. The first-order valence-corrected chi connectivity index (χ1v) is 7.84. The molecule has 0 saturated carbocycles. The van der Waals surface area contributed by atoms with Crippen LogP contribution in [0.2, 0.25) is 18.1 Å². The van der Waals surface area contributed by atoms with Crippen molar-refractivity contribution < 1.29 is 4.43 Å². The van der Waals surface area contributed by atoms with Gasteiger partial charge in [0.05, 0.1) is 6.07 Å². The van der Waals surface area contributed by atoms with Gasteiger partial charge in [0, 0.05) is 6.42 Å². The summed E-state index contributed by atoms with van der Waals surface area (Å²) in [5.41, 5.74) is 0. The van der Waals surface area contributed by atoms with Crippen molar-refractivity contribution in [3.05, 3.63) is 12.7 Å². The summed E-state index contributed by atoms with van der Waals surface area (Å²) >= 11 is 0. The summed E-state index contributed by atoms with van der Waals surface area (Å²) in [6.45, 7) is 14.4. The molecule has 0 fully saturated rings. The van der Waals surface area contributed by atoms with Crippen LogP contribution in [0.1, 0.15) is 27.2 Å². The summed E-state index contributed by atoms with van der Waals surface area (Å²) in [6, 6.07) is 2.17. The Balaban J connectivity index is 4.49. The molecule has 0 aliphatic heterocycles. The summed E-state index contributed by atoms with van der Waals surface area (Å²) in [6.07, 6.45) is 2.03. The molecule has 1 atom stereocenters. The summed E-state index contributed by atoms with van der Waals surface area (Å²) in [4.78, 5) is 0. The second-order valence-corrected chi connectivity index (χ2v) is 9.78. The third-order valence-electron chi connectivity index (χ3n) is 2.77. The topological polar surface area (TPSA) is 33.0 Å². The van der Waals surface area contributed by atoms with Gasteiger partial charge >= 0.3 is 0 Å². The fraction of sp³-hybridized carbons (Fsp3) is 0.727. The van der Waals surface area contributed by atoms with Gasteiger partial charge in [0.2, 0.25) is 0 Å². The molecule has 0 aliphatic carbocycles. The maximum Gasteiger partial charge on any atom is 0.193 e. The molecule has 0 unspecified atom stereocenters. The normalized spacial score (nSPS) is 14.6.